The van der Waals surface area contributed by atoms with Crippen LogP contribution in [0.25, 0.3) is 0 Å². The summed E-state index contributed by atoms with van der Waals surface area (Å²) in [5.74, 6) is 0.102. The van der Waals surface area contributed by atoms with E-state index in [1.807, 2.05) is 0 Å². The van der Waals surface area contributed by atoms with Crippen molar-refractivity contribution in [2.24, 2.45) is 0 Å². The predicted octanol–water partition coefficient (Wildman–Crippen LogP) is -2.51. The molecular formula is C3H3BN2NiO3. The minimum atomic E-state index is -2.29. The molecule has 0 radical (unpaired) electrons. The monoisotopic (exact) mass is 184 g/mol. The first kappa shape index (κ1) is 9.49. The van der Waals surface area contributed by atoms with E-state index in [9.17, 15) is 10.0 Å². The van der Waals surface area contributed by atoms with E-state index < -0.39 is 7.32 Å². The van der Waals surface area contributed by atoms with Crippen molar-refractivity contribution in [3.05, 3.63) is 12.3 Å². The summed E-state index contributed by atoms with van der Waals surface area (Å²) in [6.07, 6.45) is 1.39. The number of nitrogens with one attached hydrogen (secondary N) is 1. The molecule has 1 rings (SSSR count). The van der Waals surface area contributed by atoms with Gasteiger partial charge in [0.25, 0.3) is 0 Å². The zero-order valence-electron chi connectivity index (χ0n) is 4.72. The molecule has 0 amide bonds. The number of aromatic amines is 1. The summed E-state index contributed by atoms with van der Waals surface area (Å²) >= 11 is 0. The zero-order valence-corrected chi connectivity index (χ0v) is 5.71. The van der Waals surface area contributed by atoms with Gasteiger partial charge < -0.3 is 14.7 Å². The molecule has 0 aliphatic heterocycles. The smallest absolute Gasteiger partial charge is 0.860 e. The normalized spacial score (nSPS) is 8.20. The van der Waals surface area contributed by atoms with Gasteiger partial charge in [-0.3, -0.25) is 0 Å². The molecule has 0 unspecified atom stereocenters. The van der Waals surface area contributed by atoms with Crippen LogP contribution in [0.15, 0.2) is 12.3 Å². The fourth-order valence-corrected chi connectivity index (χ4v) is 0.412. The van der Waals surface area contributed by atoms with Gasteiger partial charge in [-0.2, -0.15) is 5.10 Å². The van der Waals surface area contributed by atoms with Crippen LogP contribution in [0.2, 0.25) is 0 Å². The summed E-state index contributed by atoms with van der Waals surface area (Å²) in [7, 11) is -2.29. The van der Waals surface area contributed by atoms with Crippen molar-refractivity contribution in [2.45, 2.75) is 0 Å². The Morgan fingerprint density at radius 2 is 2.30 bits per heavy atom. The molecule has 56 valence electrons. The number of H-pyrrole nitrogens is 1. The molecule has 0 bridgehead atoms. The molecule has 1 aromatic rings. The Morgan fingerprint density at radius 1 is 1.60 bits per heavy atom. The fourth-order valence-electron chi connectivity index (χ4n) is 0.412. The van der Waals surface area contributed by atoms with Gasteiger partial charge in [-0.05, 0) is 0 Å². The maximum atomic E-state index is 9.77. The van der Waals surface area contributed by atoms with Crippen molar-refractivity contribution in [2.75, 3.05) is 0 Å². The quantitative estimate of drug-likeness (QED) is 0.515. The van der Waals surface area contributed by atoms with Crippen molar-refractivity contribution in [1.29, 1.82) is 0 Å². The van der Waals surface area contributed by atoms with Crippen molar-refractivity contribution in [3.8, 4) is 5.88 Å². The van der Waals surface area contributed by atoms with Gasteiger partial charge in [0.05, 0.1) is 6.20 Å². The molecule has 0 saturated heterocycles. The number of hydrogen-bond donors (Lipinski definition) is 1. The summed E-state index contributed by atoms with van der Waals surface area (Å²) < 4.78 is 4.12. The Labute approximate surface area is 67.5 Å². The van der Waals surface area contributed by atoms with Crippen LogP contribution in [0.5, 0.6) is 5.88 Å². The van der Waals surface area contributed by atoms with Crippen LogP contribution in [0.4, 0.5) is 0 Å². The first-order chi connectivity index (χ1) is 4.29. The molecule has 0 fully saturated rings. The molecule has 1 N–H and O–H groups in total. The van der Waals surface area contributed by atoms with Gasteiger partial charge in [-0.15, -0.1) is 0 Å². The molecular weight excluding hydrogens is 182 g/mol. The van der Waals surface area contributed by atoms with Crippen molar-refractivity contribution < 1.29 is 31.2 Å². The molecule has 5 nitrogen and oxygen atoms in total. The van der Waals surface area contributed by atoms with E-state index >= 15 is 0 Å². The van der Waals surface area contributed by atoms with Crippen molar-refractivity contribution >= 4 is 7.32 Å². The van der Waals surface area contributed by atoms with Gasteiger partial charge >= 0.3 is 16.5 Å². The molecule has 0 spiro atoms. The van der Waals surface area contributed by atoms with E-state index in [-0.39, 0.29) is 22.4 Å². The maximum absolute atomic E-state index is 9.77. The Hall–Kier alpha value is -0.512. The zero-order chi connectivity index (χ0) is 6.69. The third kappa shape index (κ3) is 2.87. The molecule has 1 heterocycles. The molecule has 0 aromatic carbocycles. The summed E-state index contributed by atoms with van der Waals surface area (Å²) in [6.45, 7) is 0. The topological polar surface area (TPSA) is 84.0 Å². The molecule has 0 atom stereocenters. The van der Waals surface area contributed by atoms with Crippen LogP contribution in [0.3, 0.4) is 0 Å². The standard InChI is InChI=1S/C3H3BN2O3.Ni/c7-4(8)9-3-1-2-5-6-3;/h1-2H,(H,5,6);/q-2;+2. The van der Waals surface area contributed by atoms with Crippen LogP contribution in [0.1, 0.15) is 0 Å². The Balaban J connectivity index is 0.000000810. The van der Waals surface area contributed by atoms with Gasteiger partial charge in [-0.1, -0.05) is 0 Å². The summed E-state index contributed by atoms with van der Waals surface area (Å²) in [4.78, 5) is 0. The van der Waals surface area contributed by atoms with E-state index in [1.54, 1.807) is 0 Å². The van der Waals surface area contributed by atoms with Crippen molar-refractivity contribution in [1.82, 2.24) is 10.2 Å². The van der Waals surface area contributed by atoms with Crippen molar-refractivity contribution in [3.63, 3.8) is 0 Å². The molecule has 0 aliphatic carbocycles. The van der Waals surface area contributed by atoms with E-state index in [0.29, 0.717) is 0 Å². The number of aromatic nitrogens is 2. The Bertz CT molecular complexity index is 168. The van der Waals surface area contributed by atoms with Crippen LogP contribution in [-0.2, 0) is 16.5 Å². The number of nitrogens with zero attached hydrogens (tertiary/aromatic N) is 1. The van der Waals surface area contributed by atoms with E-state index in [2.05, 4.69) is 14.9 Å². The van der Waals surface area contributed by atoms with Crippen LogP contribution in [-0.4, -0.2) is 17.5 Å². The first-order valence-corrected chi connectivity index (χ1v) is 2.27. The fraction of sp³-hybridized carbons (Fsp3) is 0. The summed E-state index contributed by atoms with van der Waals surface area (Å²) in [6, 6.07) is 1.39. The van der Waals surface area contributed by atoms with Gasteiger partial charge in [0, 0.05) is 6.07 Å². The largest absolute Gasteiger partial charge is 2.00 e. The summed E-state index contributed by atoms with van der Waals surface area (Å²) in [5.41, 5.74) is 0. The van der Waals surface area contributed by atoms with Crippen LogP contribution in [0, 0.1) is 0 Å². The van der Waals surface area contributed by atoms with E-state index in [4.69, 9.17) is 0 Å². The Morgan fingerprint density at radius 3 is 2.70 bits per heavy atom. The average molecular weight is 185 g/mol. The minimum absolute atomic E-state index is 0. The van der Waals surface area contributed by atoms with Crippen LogP contribution < -0.4 is 14.7 Å². The van der Waals surface area contributed by atoms with Crippen LogP contribution >= 0.6 is 0 Å². The third-order valence-electron chi connectivity index (χ3n) is 0.698. The van der Waals surface area contributed by atoms with Gasteiger partial charge in [0.1, 0.15) is 7.32 Å². The van der Waals surface area contributed by atoms with Gasteiger partial charge in [0.2, 0.25) is 0 Å². The third-order valence-corrected chi connectivity index (χ3v) is 0.698. The second-order valence-electron chi connectivity index (χ2n) is 1.33. The average Bonchev–Trinajstić information content (AvgIpc) is 2.15. The van der Waals surface area contributed by atoms with Gasteiger partial charge in [-0.25, -0.2) is 5.10 Å². The molecule has 10 heavy (non-hydrogen) atoms. The number of hydrogen-bond acceptors (Lipinski definition) is 4. The van der Waals surface area contributed by atoms with E-state index in [0.717, 1.165) is 0 Å². The second-order valence-corrected chi connectivity index (χ2v) is 1.33. The van der Waals surface area contributed by atoms with Gasteiger partial charge in [0.15, 0.2) is 5.88 Å². The maximum Gasteiger partial charge on any atom is 2.00 e. The predicted molar refractivity (Wildman–Crippen MR) is 25.0 cm³/mol. The Kier molecular flexibility index (Phi) is 4.11. The number of rotatable bonds is 2. The first-order valence-electron chi connectivity index (χ1n) is 2.27. The molecule has 1 aromatic heterocycles. The molecule has 7 heteroatoms. The minimum Gasteiger partial charge on any atom is -0.860 e. The SMILES string of the molecule is [Ni+2].[O-]B([O-])Oc1ccn[nH]1. The van der Waals surface area contributed by atoms with E-state index in [1.165, 1.54) is 12.3 Å². The second kappa shape index (κ2) is 4.33. The summed E-state index contributed by atoms with van der Waals surface area (Å²) in [5, 5.41) is 25.3. The molecule has 0 saturated carbocycles. The molecule has 0 aliphatic rings.